The Morgan fingerprint density at radius 1 is 1.29 bits per heavy atom. The molecule has 7 heteroatoms. The number of amides is 1. The molecular formula is C21H25N3O4. The number of carbonyl (C=O) groups excluding carboxylic acids is 1. The van der Waals surface area contributed by atoms with E-state index in [1.807, 2.05) is 30.3 Å². The highest BCUT2D eigenvalue weighted by Gasteiger charge is 2.48. The van der Waals surface area contributed by atoms with Crippen LogP contribution in [0.4, 0.5) is 0 Å². The van der Waals surface area contributed by atoms with Gasteiger partial charge in [0.05, 0.1) is 12.1 Å². The number of hydrogen-bond acceptors (Lipinski definition) is 5. The van der Waals surface area contributed by atoms with Crippen LogP contribution in [-0.2, 0) is 16.0 Å². The third kappa shape index (κ3) is 3.54. The molecule has 0 unspecified atom stereocenters. The van der Waals surface area contributed by atoms with Gasteiger partial charge in [-0.25, -0.2) is 9.78 Å². The van der Waals surface area contributed by atoms with E-state index in [9.17, 15) is 14.7 Å². The van der Waals surface area contributed by atoms with Crippen molar-refractivity contribution in [3.63, 3.8) is 0 Å². The molecule has 2 aromatic rings. The van der Waals surface area contributed by atoms with Crippen LogP contribution in [0.1, 0.15) is 30.7 Å². The van der Waals surface area contributed by atoms with Gasteiger partial charge in [-0.05, 0) is 56.8 Å². The van der Waals surface area contributed by atoms with Crippen molar-refractivity contribution in [2.24, 2.45) is 5.41 Å². The van der Waals surface area contributed by atoms with E-state index in [-0.39, 0.29) is 17.7 Å². The molecule has 3 heterocycles. The van der Waals surface area contributed by atoms with Gasteiger partial charge < -0.3 is 19.7 Å². The molecule has 1 aromatic carbocycles. The van der Waals surface area contributed by atoms with Gasteiger partial charge >= 0.3 is 5.97 Å². The van der Waals surface area contributed by atoms with Crippen LogP contribution in [-0.4, -0.2) is 52.5 Å². The van der Waals surface area contributed by atoms with E-state index in [1.165, 1.54) is 0 Å². The maximum atomic E-state index is 13.0. The molecular weight excluding hydrogens is 358 g/mol. The average molecular weight is 383 g/mol. The van der Waals surface area contributed by atoms with Crippen LogP contribution >= 0.6 is 0 Å². The second-order valence-corrected chi connectivity index (χ2v) is 7.89. The first kappa shape index (κ1) is 18.7. The molecule has 2 aliphatic rings. The summed E-state index contributed by atoms with van der Waals surface area (Å²) >= 11 is 0. The summed E-state index contributed by atoms with van der Waals surface area (Å²) in [5.41, 5.74) is 1.33. The van der Waals surface area contributed by atoms with E-state index in [0.29, 0.717) is 30.3 Å². The highest BCUT2D eigenvalue weighted by molar-refractivity contribution is 5.85. The Hall–Kier alpha value is -2.67. The molecule has 0 saturated carbocycles. The van der Waals surface area contributed by atoms with Crippen molar-refractivity contribution in [3.8, 4) is 11.5 Å². The van der Waals surface area contributed by atoms with Crippen LogP contribution in [0.3, 0.4) is 0 Å². The van der Waals surface area contributed by atoms with E-state index in [1.54, 1.807) is 11.8 Å². The van der Waals surface area contributed by atoms with Crippen LogP contribution in [0.5, 0.6) is 0 Å². The molecule has 1 amide bonds. The summed E-state index contributed by atoms with van der Waals surface area (Å²) in [6.07, 6.45) is 2.40. The van der Waals surface area contributed by atoms with Crippen LogP contribution in [0.25, 0.3) is 11.5 Å². The van der Waals surface area contributed by atoms with Crippen molar-refractivity contribution >= 4 is 11.9 Å². The Bertz CT molecular complexity index is 871. The summed E-state index contributed by atoms with van der Waals surface area (Å²) in [5, 5.41) is 13.0. The molecule has 4 rings (SSSR count). The zero-order valence-electron chi connectivity index (χ0n) is 16.0. The summed E-state index contributed by atoms with van der Waals surface area (Å²) in [5.74, 6) is -0.0498. The normalized spacial score (nSPS) is 21.2. The number of nitrogens with zero attached hydrogens (tertiary/aromatic N) is 2. The lowest BCUT2D eigenvalue weighted by Gasteiger charge is -2.33. The lowest BCUT2D eigenvalue weighted by molar-refractivity contribution is -0.148. The third-order valence-corrected chi connectivity index (χ3v) is 6.01. The highest BCUT2D eigenvalue weighted by Crippen LogP contribution is 2.42. The molecule has 0 bridgehead atoms. The van der Waals surface area contributed by atoms with Gasteiger partial charge in [-0.3, -0.25) is 4.79 Å². The number of likely N-dealkylation sites (tertiary alicyclic amines) is 1. The number of carboxylic acid groups (broad SMARTS) is 1. The van der Waals surface area contributed by atoms with E-state index in [4.69, 9.17) is 4.42 Å². The summed E-state index contributed by atoms with van der Waals surface area (Å²) in [6, 6.07) is 8.77. The average Bonchev–Trinajstić information content (AvgIpc) is 3.25. The molecule has 1 spiro atoms. The van der Waals surface area contributed by atoms with Gasteiger partial charge in [0.1, 0.15) is 11.8 Å². The van der Waals surface area contributed by atoms with Crippen molar-refractivity contribution < 1.29 is 19.1 Å². The minimum Gasteiger partial charge on any atom is -0.480 e. The van der Waals surface area contributed by atoms with E-state index in [0.717, 1.165) is 31.5 Å². The topological polar surface area (TPSA) is 95.7 Å². The predicted molar refractivity (Wildman–Crippen MR) is 103 cm³/mol. The first-order chi connectivity index (χ1) is 13.5. The van der Waals surface area contributed by atoms with Gasteiger partial charge in [-0.15, -0.1) is 0 Å². The fourth-order valence-corrected chi connectivity index (χ4v) is 4.40. The molecule has 148 valence electrons. The number of aryl methyl sites for hydroxylation is 1. The second-order valence-electron chi connectivity index (χ2n) is 7.89. The molecule has 2 N–H and O–H groups in total. The number of rotatable bonds is 4. The highest BCUT2D eigenvalue weighted by atomic mass is 16.4. The lowest BCUT2D eigenvalue weighted by Crippen LogP contribution is -2.42. The quantitative estimate of drug-likeness (QED) is 0.841. The third-order valence-electron chi connectivity index (χ3n) is 6.01. The fourth-order valence-electron chi connectivity index (χ4n) is 4.40. The maximum absolute atomic E-state index is 13.0. The summed E-state index contributed by atoms with van der Waals surface area (Å²) < 4.78 is 5.74. The minimum absolute atomic E-state index is 0.0558. The number of hydrogen-bond donors (Lipinski definition) is 2. The number of benzene rings is 1. The number of carbonyl (C=O) groups is 2. The first-order valence-electron chi connectivity index (χ1n) is 9.72. The second kappa shape index (κ2) is 7.39. The smallest absolute Gasteiger partial charge is 0.326 e. The summed E-state index contributed by atoms with van der Waals surface area (Å²) in [7, 11) is 0. The summed E-state index contributed by atoms with van der Waals surface area (Å²) in [6.45, 7) is 4.04. The number of aliphatic carboxylic acids is 1. The Morgan fingerprint density at radius 3 is 2.68 bits per heavy atom. The zero-order valence-corrected chi connectivity index (χ0v) is 16.0. The van der Waals surface area contributed by atoms with E-state index < -0.39 is 12.0 Å². The van der Waals surface area contributed by atoms with E-state index >= 15 is 0 Å². The van der Waals surface area contributed by atoms with Gasteiger partial charge in [0.25, 0.3) is 0 Å². The standard InChI is InChI=1S/C21H25N3O4/c1-14-16(23-19(28-14)15-5-3-2-4-6-15)11-18(25)24-13-21(7-9-22-10-8-21)12-17(24)20(26)27/h2-6,17,22H,7-13H2,1H3,(H,26,27)/t17-/m0/s1. The molecule has 2 aliphatic heterocycles. The van der Waals surface area contributed by atoms with E-state index in [2.05, 4.69) is 10.3 Å². The number of nitrogens with one attached hydrogen (secondary N) is 1. The SMILES string of the molecule is Cc1oc(-c2ccccc2)nc1CC(=O)N1CC2(CCNCC2)C[C@H]1C(=O)O. The van der Waals surface area contributed by atoms with Gasteiger partial charge in [0, 0.05) is 12.1 Å². The largest absolute Gasteiger partial charge is 0.480 e. The molecule has 28 heavy (non-hydrogen) atoms. The van der Waals surface area contributed by atoms with Gasteiger partial charge in [0.2, 0.25) is 11.8 Å². The maximum Gasteiger partial charge on any atom is 0.326 e. The first-order valence-corrected chi connectivity index (χ1v) is 9.72. The summed E-state index contributed by atoms with van der Waals surface area (Å²) in [4.78, 5) is 30.9. The Kier molecular flexibility index (Phi) is 4.93. The van der Waals surface area contributed by atoms with Gasteiger partial charge in [0.15, 0.2) is 0 Å². The molecule has 2 saturated heterocycles. The van der Waals surface area contributed by atoms with Crippen LogP contribution < -0.4 is 5.32 Å². The van der Waals surface area contributed by atoms with Crippen LogP contribution in [0.15, 0.2) is 34.7 Å². The number of oxazole rings is 1. The Balaban J connectivity index is 1.53. The van der Waals surface area contributed by atoms with Gasteiger partial charge in [-0.2, -0.15) is 0 Å². The fraction of sp³-hybridized carbons (Fsp3) is 0.476. The predicted octanol–water partition coefficient (Wildman–Crippen LogP) is 2.25. The molecule has 0 radical (unpaired) electrons. The lowest BCUT2D eigenvalue weighted by atomic mass is 9.77. The minimum atomic E-state index is -0.925. The number of carboxylic acids is 1. The number of piperidine rings is 1. The van der Waals surface area contributed by atoms with Crippen molar-refractivity contribution in [1.29, 1.82) is 0 Å². The molecule has 1 atom stereocenters. The molecule has 1 aromatic heterocycles. The Labute approximate surface area is 163 Å². The van der Waals surface area contributed by atoms with Gasteiger partial charge in [-0.1, -0.05) is 18.2 Å². The number of aromatic nitrogens is 1. The molecule has 0 aliphatic carbocycles. The van der Waals surface area contributed by atoms with Crippen molar-refractivity contribution in [1.82, 2.24) is 15.2 Å². The van der Waals surface area contributed by atoms with Crippen molar-refractivity contribution in [2.75, 3.05) is 19.6 Å². The van der Waals surface area contributed by atoms with Crippen molar-refractivity contribution in [3.05, 3.63) is 41.8 Å². The van der Waals surface area contributed by atoms with Crippen LogP contribution in [0, 0.1) is 12.3 Å². The Morgan fingerprint density at radius 2 is 2.00 bits per heavy atom. The van der Waals surface area contributed by atoms with Crippen LogP contribution in [0.2, 0.25) is 0 Å². The zero-order chi connectivity index (χ0) is 19.7. The monoisotopic (exact) mass is 383 g/mol. The molecule has 7 nitrogen and oxygen atoms in total. The van der Waals surface area contributed by atoms with Crippen molar-refractivity contribution in [2.45, 2.75) is 38.6 Å². The molecule has 2 fully saturated rings.